The summed E-state index contributed by atoms with van der Waals surface area (Å²) >= 11 is 0. The van der Waals surface area contributed by atoms with Crippen LogP contribution in [0.2, 0.25) is 0 Å². The number of hydrogen-bond acceptors (Lipinski definition) is 3. The van der Waals surface area contributed by atoms with Crippen molar-refractivity contribution in [2.45, 2.75) is 32.3 Å². The Bertz CT molecular complexity index is 568. The molecule has 3 aliphatic rings. The highest BCUT2D eigenvalue weighted by Crippen LogP contribution is 2.55. The first kappa shape index (κ1) is 12.4. The van der Waals surface area contributed by atoms with Gasteiger partial charge in [-0.05, 0) is 51.3 Å². The zero-order valence-electron chi connectivity index (χ0n) is 12.4. The van der Waals surface area contributed by atoms with Gasteiger partial charge in [-0.3, -0.25) is 0 Å². The molecule has 2 unspecified atom stereocenters. The van der Waals surface area contributed by atoms with Gasteiger partial charge in [0, 0.05) is 5.92 Å². The molecule has 0 spiro atoms. The quantitative estimate of drug-likeness (QED) is 0.896. The Morgan fingerprint density at radius 2 is 2.00 bits per heavy atom. The maximum atomic E-state index is 5.79. The molecule has 3 heteroatoms. The average Bonchev–Trinajstić information content (AvgIpc) is 2.76. The van der Waals surface area contributed by atoms with E-state index in [-0.39, 0.29) is 5.60 Å². The van der Waals surface area contributed by atoms with Crippen molar-refractivity contribution in [2.75, 3.05) is 13.1 Å². The van der Waals surface area contributed by atoms with Crippen LogP contribution in [0.1, 0.15) is 30.9 Å². The molecule has 0 amide bonds. The van der Waals surface area contributed by atoms with Crippen LogP contribution in [-0.4, -0.2) is 24.4 Å². The Morgan fingerprint density at radius 3 is 2.70 bits per heavy atom. The number of rotatable bonds is 2. The van der Waals surface area contributed by atoms with E-state index >= 15 is 0 Å². The summed E-state index contributed by atoms with van der Waals surface area (Å²) in [7, 11) is 0. The summed E-state index contributed by atoms with van der Waals surface area (Å²) < 4.78 is 0. The van der Waals surface area contributed by atoms with Crippen LogP contribution in [0.15, 0.2) is 29.4 Å². The fourth-order valence-electron chi connectivity index (χ4n) is 4.16. The van der Waals surface area contributed by atoms with Crippen LogP contribution in [0.25, 0.3) is 0 Å². The minimum absolute atomic E-state index is 0.229. The summed E-state index contributed by atoms with van der Waals surface area (Å²) in [6.45, 7) is 8.77. The summed E-state index contributed by atoms with van der Waals surface area (Å²) in [6.07, 6.45) is 0. The third-order valence-electron chi connectivity index (χ3n) is 5.19. The molecular weight excluding hydrogens is 248 g/mol. The van der Waals surface area contributed by atoms with Crippen LogP contribution in [0, 0.1) is 24.7 Å². The molecule has 106 valence electrons. The number of hydrogen-bond donors (Lipinski definition) is 1. The number of fused-ring (bicyclic) bond motifs is 1. The fourth-order valence-corrected chi connectivity index (χ4v) is 4.16. The molecule has 2 aliphatic heterocycles. The Balaban J connectivity index is 1.69. The third-order valence-corrected chi connectivity index (χ3v) is 5.19. The molecule has 1 N–H and O–H groups in total. The van der Waals surface area contributed by atoms with Gasteiger partial charge < -0.3 is 10.2 Å². The fraction of sp³-hybridized carbons (Fsp3) is 0.588. The van der Waals surface area contributed by atoms with Crippen LogP contribution in [-0.2, 0) is 4.84 Å². The van der Waals surface area contributed by atoms with Gasteiger partial charge in [-0.15, -0.1) is 0 Å². The zero-order chi connectivity index (χ0) is 13.9. The summed E-state index contributed by atoms with van der Waals surface area (Å²) in [4.78, 5) is 5.79. The molecular formula is C17H22N2O. The molecule has 1 aromatic carbocycles. The van der Waals surface area contributed by atoms with E-state index in [0.29, 0.717) is 11.8 Å². The molecule has 1 saturated carbocycles. The highest BCUT2D eigenvalue weighted by molar-refractivity contribution is 5.97. The van der Waals surface area contributed by atoms with Crippen LogP contribution >= 0.6 is 0 Å². The van der Waals surface area contributed by atoms with E-state index in [4.69, 9.17) is 4.84 Å². The molecule has 1 aromatic rings. The molecule has 4 atom stereocenters. The van der Waals surface area contributed by atoms with Crippen molar-refractivity contribution in [3.8, 4) is 0 Å². The number of nitrogens with one attached hydrogen (secondary N) is 1. The van der Waals surface area contributed by atoms with Gasteiger partial charge in [0.2, 0.25) is 0 Å². The second kappa shape index (κ2) is 4.08. The van der Waals surface area contributed by atoms with E-state index in [9.17, 15) is 0 Å². The Labute approximate surface area is 120 Å². The molecule has 0 bridgehead atoms. The SMILES string of the molecule is Cc1cccc(C2C(C3[C@H]4CNC[C@@H]34)=NOC2(C)C)c1. The summed E-state index contributed by atoms with van der Waals surface area (Å²) in [6, 6.07) is 8.80. The predicted molar refractivity (Wildman–Crippen MR) is 79.9 cm³/mol. The second-order valence-corrected chi connectivity index (χ2v) is 7.07. The van der Waals surface area contributed by atoms with Crippen molar-refractivity contribution in [3.05, 3.63) is 35.4 Å². The largest absolute Gasteiger partial charge is 0.389 e. The minimum atomic E-state index is -0.229. The van der Waals surface area contributed by atoms with Gasteiger partial charge in [0.25, 0.3) is 0 Å². The lowest BCUT2D eigenvalue weighted by atomic mass is 9.79. The molecule has 2 heterocycles. The standard InChI is InChI=1S/C17H22N2O/c1-10-5-4-6-11(7-10)15-16(19-20-17(15,2)3)14-12-8-18-9-13(12)14/h4-7,12-15,18H,8-9H2,1-3H3/t12-,13+,14?,15?. The lowest BCUT2D eigenvalue weighted by Crippen LogP contribution is -2.32. The van der Waals surface area contributed by atoms with Crippen LogP contribution in [0.3, 0.4) is 0 Å². The minimum Gasteiger partial charge on any atom is -0.389 e. The van der Waals surface area contributed by atoms with Crippen molar-refractivity contribution >= 4 is 5.71 Å². The molecule has 20 heavy (non-hydrogen) atoms. The van der Waals surface area contributed by atoms with E-state index in [1.807, 2.05) is 0 Å². The van der Waals surface area contributed by atoms with Crippen LogP contribution in [0.5, 0.6) is 0 Å². The van der Waals surface area contributed by atoms with Gasteiger partial charge in [0.15, 0.2) is 0 Å². The van der Waals surface area contributed by atoms with E-state index in [0.717, 1.165) is 24.9 Å². The van der Waals surface area contributed by atoms with Gasteiger partial charge in [-0.1, -0.05) is 35.0 Å². The average molecular weight is 270 g/mol. The van der Waals surface area contributed by atoms with Gasteiger partial charge in [0.1, 0.15) is 5.60 Å². The first-order valence-electron chi connectivity index (χ1n) is 7.61. The Hall–Kier alpha value is -1.35. The number of nitrogens with zero attached hydrogens (tertiary/aromatic N) is 1. The number of aryl methyl sites for hydroxylation is 1. The van der Waals surface area contributed by atoms with Crippen molar-refractivity contribution < 1.29 is 4.84 Å². The first-order valence-corrected chi connectivity index (χ1v) is 7.61. The number of oxime groups is 1. The van der Waals surface area contributed by atoms with Crippen molar-refractivity contribution in [3.63, 3.8) is 0 Å². The summed E-state index contributed by atoms with van der Waals surface area (Å²) in [5.41, 5.74) is 3.72. The van der Waals surface area contributed by atoms with Crippen molar-refractivity contribution in [2.24, 2.45) is 22.9 Å². The highest BCUT2D eigenvalue weighted by Gasteiger charge is 2.60. The number of benzene rings is 1. The van der Waals surface area contributed by atoms with Crippen LogP contribution in [0.4, 0.5) is 0 Å². The normalized spacial score (nSPS) is 37.2. The maximum absolute atomic E-state index is 5.79. The molecule has 2 fully saturated rings. The topological polar surface area (TPSA) is 33.6 Å². The Kier molecular flexibility index (Phi) is 2.53. The molecule has 4 rings (SSSR count). The van der Waals surface area contributed by atoms with Crippen LogP contribution < -0.4 is 5.32 Å². The van der Waals surface area contributed by atoms with E-state index < -0.39 is 0 Å². The van der Waals surface area contributed by atoms with Gasteiger partial charge in [-0.25, -0.2) is 0 Å². The highest BCUT2D eigenvalue weighted by atomic mass is 16.7. The summed E-state index contributed by atoms with van der Waals surface area (Å²) in [5, 5.41) is 7.97. The lowest BCUT2D eigenvalue weighted by molar-refractivity contribution is 0.00188. The molecule has 0 radical (unpaired) electrons. The zero-order valence-corrected chi connectivity index (χ0v) is 12.4. The smallest absolute Gasteiger partial charge is 0.144 e. The Morgan fingerprint density at radius 1 is 1.25 bits per heavy atom. The lowest BCUT2D eigenvalue weighted by Gasteiger charge is -2.26. The van der Waals surface area contributed by atoms with E-state index in [2.05, 4.69) is 55.5 Å². The maximum Gasteiger partial charge on any atom is 0.144 e. The molecule has 3 nitrogen and oxygen atoms in total. The van der Waals surface area contributed by atoms with Crippen molar-refractivity contribution in [1.29, 1.82) is 0 Å². The predicted octanol–water partition coefficient (Wildman–Crippen LogP) is 2.71. The van der Waals surface area contributed by atoms with Gasteiger partial charge in [-0.2, -0.15) is 0 Å². The molecule has 1 saturated heterocycles. The molecule has 1 aliphatic carbocycles. The van der Waals surface area contributed by atoms with E-state index in [1.54, 1.807) is 0 Å². The van der Waals surface area contributed by atoms with Gasteiger partial charge in [0.05, 0.1) is 11.6 Å². The van der Waals surface area contributed by atoms with E-state index in [1.165, 1.54) is 16.8 Å². The van der Waals surface area contributed by atoms with Gasteiger partial charge >= 0.3 is 0 Å². The third kappa shape index (κ3) is 1.72. The first-order chi connectivity index (χ1) is 9.58. The van der Waals surface area contributed by atoms with Crippen molar-refractivity contribution in [1.82, 2.24) is 5.32 Å². The second-order valence-electron chi connectivity index (χ2n) is 7.07. The monoisotopic (exact) mass is 270 g/mol. The summed E-state index contributed by atoms with van der Waals surface area (Å²) in [5.74, 6) is 2.53. The number of piperidine rings is 1. The molecule has 0 aromatic heterocycles.